The minimum absolute atomic E-state index is 0.176. The first kappa shape index (κ1) is 18.0. The van der Waals surface area contributed by atoms with Gasteiger partial charge in [0, 0.05) is 29.2 Å². The van der Waals surface area contributed by atoms with E-state index in [0.29, 0.717) is 33.8 Å². The van der Waals surface area contributed by atoms with Gasteiger partial charge >= 0.3 is 0 Å². The van der Waals surface area contributed by atoms with Crippen LogP contribution in [0.15, 0.2) is 30.6 Å². The van der Waals surface area contributed by atoms with E-state index in [4.69, 9.17) is 11.5 Å². The Kier molecular flexibility index (Phi) is 4.81. The van der Waals surface area contributed by atoms with Crippen molar-refractivity contribution in [1.82, 2.24) is 19.9 Å². The molecular formula is C20H18N6O. The first-order valence-corrected chi connectivity index (χ1v) is 8.20. The van der Waals surface area contributed by atoms with E-state index in [1.165, 1.54) is 0 Å². The molecule has 27 heavy (non-hydrogen) atoms. The molecule has 134 valence electrons. The predicted molar refractivity (Wildman–Crippen MR) is 103 cm³/mol. The van der Waals surface area contributed by atoms with Gasteiger partial charge in [-0.1, -0.05) is 11.8 Å². The number of nitrogen functional groups attached to an aromatic ring is 1. The van der Waals surface area contributed by atoms with Gasteiger partial charge in [0.25, 0.3) is 5.91 Å². The van der Waals surface area contributed by atoms with E-state index in [9.17, 15) is 4.79 Å². The van der Waals surface area contributed by atoms with E-state index >= 15 is 0 Å². The molecule has 0 saturated carbocycles. The maximum absolute atomic E-state index is 11.5. The third-order valence-electron chi connectivity index (χ3n) is 3.96. The zero-order chi connectivity index (χ0) is 19.6. The zero-order valence-electron chi connectivity index (χ0n) is 15.2. The Morgan fingerprint density at radius 2 is 1.81 bits per heavy atom. The molecular weight excluding hydrogens is 340 g/mol. The largest absolute Gasteiger partial charge is 0.368 e. The molecule has 0 aliphatic rings. The SMILES string of the molecule is Cc1cc(-c2nc(N)nc(C)c2C#Cc2cnc(C)c(C(N)=O)c2)ccn1. The van der Waals surface area contributed by atoms with Gasteiger partial charge < -0.3 is 11.5 Å². The number of amides is 1. The summed E-state index contributed by atoms with van der Waals surface area (Å²) >= 11 is 0. The van der Waals surface area contributed by atoms with E-state index < -0.39 is 5.91 Å². The maximum Gasteiger partial charge on any atom is 0.250 e. The Balaban J connectivity index is 2.13. The monoisotopic (exact) mass is 358 g/mol. The van der Waals surface area contributed by atoms with Crippen LogP contribution in [0.2, 0.25) is 0 Å². The molecule has 3 aromatic heterocycles. The molecule has 0 aliphatic carbocycles. The third-order valence-corrected chi connectivity index (χ3v) is 3.96. The topological polar surface area (TPSA) is 121 Å². The quantitative estimate of drug-likeness (QED) is 0.675. The van der Waals surface area contributed by atoms with Gasteiger partial charge in [-0.2, -0.15) is 0 Å². The maximum atomic E-state index is 11.5. The van der Waals surface area contributed by atoms with Gasteiger partial charge in [-0.3, -0.25) is 14.8 Å². The van der Waals surface area contributed by atoms with Crippen LogP contribution in [0, 0.1) is 32.6 Å². The molecule has 0 bridgehead atoms. The van der Waals surface area contributed by atoms with Crippen molar-refractivity contribution in [3.8, 4) is 23.1 Å². The summed E-state index contributed by atoms with van der Waals surface area (Å²) < 4.78 is 0. The lowest BCUT2D eigenvalue weighted by Crippen LogP contribution is -2.13. The zero-order valence-corrected chi connectivity index (χ0v) is 15.2. The molecule has 7 nitrogen and oxygen atoms in total. The van der Waals surface area contributed by atoms with Crippen molar-refractivity contribution >= 4 is 11.9 Å². The highest BCUT2D eigenvalue weighted by Crippen LogP contribution is 2.24. The van der Waals surface area contributed by atoms with E-state index in [1.54, 1.807) is 25.4 Å². The predicted octanol–water partition coefficient (Wildman–Crippen LogP) is 1.94. The summed E-state index contributed by atoms with van der Waals surface area (Å²) in [4.78, 5) is 28.5. The normalized spacial score (nSPS) is 10.2. The molecule has 0 unspecified atom stereocenters. The van der Waals surface area contributed by atoms with Gasteiger partial charge in [0.2, 0.25) is 5.95 Å². The number of aryl methyl sites for hydroxylation is 3. The molecule has 3 rings (SSSR count). The van der Waals surface area contributed by atoms with Crippen LogP contribution in [-0.2, 0) is 0 Å². The summed E-state index contributed by atoms with van der Waals surface area (Å²) in [6.45, 7) is 5.44. The summed E-state index contributed by atoms with van der Waals surface area (Å²) in [5.74, 6) is 5.74. The van der Waals surface area contributed by atoms with Crippen LogP contribution in [0.3, 0.4) is 0 Å². The summed E-state index contributed by atoms with van der Waals surface area (Å²) in [6.07, 6.45) is 3.30. The number of anilines is 1. The van der Waals surface area contributed by atoms with E-state index in [1.807, 2.05) is 26.0 Å². The first-order valence-electron chi connectivity index (χ1n) is 8.20. The Hall–Kier alpha value is -3.79. The van der Waals surface area contributed by atoms with Crippen molar-refractivity contribution in [1.29, 1.82) is 0 Å². The van der Waals surface area contributed by atoms with Crippen LogP contribution in [0.4, 0.5) is 5.95 Å². The smallest absolute Gasteiger partial charge is 0.250 e. The van der Waals surface area contributed by atoms with Gasteiger partial charge in [0.1, 0.15) is 0 Å². The van der Waals surface area contributed by atoms with Crippen molar-refractivity contribution in [2.24, 2.45) is 5.73 Å². The fourth-order valence-electron chi connectivity index (χ4n) is 2.63. The average molecular weight is 358 g/mol. The van der Waals surface area contributed by atoms with Crippen LogP contribution in [0.5, 0.6) is 0 Å². The lowest BCUT2D eigenvalue weighted by molar-refractivity contribution is 0.0999. The van der Waals surface area contributed by atoms with Crippen LogP contribution >= 0.6 is 0 Å². The summed E-state index contributed by atoms with van der Waals surface area (Å²) in [7, 11) is 0. The number of nitrogens with zero attached hydrogens (tertiary/aromatic N) is 4. The molecule has 1 amide bonds. The Morgan fingerprint density at radius 1 is 1.04 bits per heavy atom. The van der Waals surface area contributed by atoms with Crippen molar-refractivity contribution in [3.63, 3.8) is 0 Å². The van der Waals surface area contributed by atoms with Crippen LogP contribution in [-0.4, -0.2) is 25.8 Å². The highest BCUT2D eigenvalue weighted by atomic mass is 16.1. The minimum Gasteiger partial charge on any atom is -0.368 e. The second-order valence-electron chi connectivity index (χ2n) is 6.05. The highest BCUT2D eigenvalue weighted by Gasteiger charge is 2.12. The van der Waals surface area contributed by atoms with Crippen molar-refractivity contribution in [3.05, 3.63) is 64.4 Å². The number of carbonyl (C=O) groups excluding carboxylic acids is 1. The van der Waals surface area contributed by atoms with Crippen LogP contribution < -0.4 is 11.5 Å². The van der Waals surface area contributed by atoms with Gasteiger partial charge in [-0.25, -0.2) is 9.97 Å². The van der Waals surface area contributed by atoms with Crippen molar-refractivity contribution in [2.75, 3.05) is 5.73 Å². The molecule has 0 aromatic carbocycles. The molecule has 0 spiro atoms. The number of hydrogen-bond acceptors (Lipinski definition) is 6. The molecule has 0 atom stereocenters. The summed E-state index contributed by atoms with van der Waals surface area (Å²) in [5.41, 5.74) is 16.3. The Morgan fingerprint density at radius 3 is 2.52 bits per heavy atom. The highest BCUT2D eigenvalue weighted by molar-refractivity contribution is 5.94. The first-order chi connectivity index (χ1) is 12.8. The summed E-state index contributed by atoms with van der Waals surface area (Å²) in [5, 5.41) is 0. The van der Waals surface area contributed by atoms with E-state index in [0.717, 1.165) is 11.3 Å². The third kappa shape index (κ3) is 3.90. The van der Waals surface area contributed by atoms with Gasteiger partial charge in [-0.15, -0.1) is 0 Å². The second kappa shape index (κ2) is 7.22. The van der Waals surface area contributed by atoms with Crippen molar-refractivity contribution in [2.45, 2.75) is 20.8 Å². The molecule has 0 aliphatic heterocycles. The fraction of sp³-hybridized carbons (Fsp3) is 0.150. The van der Waals surface area contributed by atoms with E-state index in [-0.39, 0.29) is 5.95 Å². The van der Waals surface area contributed by atoms with Gasteiger partial charge in [0.05, 0.1) is 28.2 Å². The van der Waals surface area contributed by atoms with Crippen LogP contribution in [0.25, 0.3) is 11.3 Å². The Labute approximate surface area is 156 Å². The molecule has 7 heteroatoms. The number of rotatable bonds is 2. The number of pyridine rings is 2. The Bertz CT molecular complexity index is 1110. The van der Waals surface area contributed by atoms with Crippen LogP contribution in [0.1, 0.15) is 38.6 Å². The molecule has 4 N–H and O–H groups in total. The average Bonchev–Trinajstić information content (AvgIpc) is 2.61. The lowest BCUT2D eigenvalue weighted by atomic mass is 10.0. The number of primary amides is 1. The van der Waals surface area contributed by atoms with Crippen molar-refractivity contribution < 1.29 is 4.79 Å². The molecule has 0 fully saturated rings. The van der Waals surface area contributed by atoms with Gasteiger partial charge in [-0.05, 0) is 39.0 Å². The molecule has 0 saturated heterocycles. The number of carbonyl (C=O) groups is 1. The minimum atomic E-state index is -0.538. The standard InChI is InChI=1S/C20H18N6O/c1-11-8-15(6-7-23-11)18-16(13(3)25-20(22)26-18)5-4-14-9-17(19(21)27)12(2)24-10-14/h6-10H,1-3H3,(H2,21,27)(H2,22,25,26). The number of hydrogen-bond donors (Lipinski definition) is 2. The molecule has 3 aromatic rings. The molecule has 3 heterocycles. The lowest BCUT2D eigenvalue weighted by Gasteiger charge is -2.08. The number of nitrogens with two attached hydrogens (primary N) is 2. The second-order valence-corrected chi connectivity index (χ2v) is 6.05. The van der Waals surface area contributed by atoms with Gasteiger partial charge in [0.15, 0.2) is 0 Å². The number of aromatic nitrogens is 4. The molecule has 0 radical (unpaired) electrons. The fourth-order valence-corrected chi connectivity index (χ4v) is 2.63. The summed E-state index contributed by atoms with van der Waals surface area (Å²) in [6, 6.07) is 5.38. The van der Waals surface area contributed by atoms with E-state index in [2.05, 4.69) is 31.8 Å².